The number of piperidine rings is 1. The lowest BCUT2D eigenvalue weighted by Crippen LogP contribution is -2.40. The Bertz CT molecular complexity index is 265. The van der Waals surface area contributed by atoms with Crippen LogP contribution < -0.4 is 0 Å². The monoisotopic (exact) mass is 271 g/mol. The van der Waals surface area contributed by atoms with Gasteiger partial charge in [-0.2, -0.15) is 0 Å². The molecule has 0 N–H and O–H groups in total. The average molecular weight is 272 g/mol. The Kier molecular flexibility index (Phi) is 4.48. The van der Waals surface area contributed by atoms with Crippen molar-refractivity contribution in [3.05, 3.63) is 0 Å². The van der Waals surface area contributed by atoms with E-state index in [1.165, 1.54) is 51.7 Å². The molecule has 0 radical (unpaired) electrons. The first-order chi connectivity index (χ1) is 8.85. The minimum Gasteiger partial charge on any atom is -0.377 e. The largest absolute Gasteiger partial charge is 0.377 e. The van der Waals surface area contributed by atoms with E-state index in [2.05, 4.69) is 4.90 Å². The lowest BCUT2D eigenvalue weighted by molar-refractivity contribution is 0.00997. The van der Waals surface area contributed by atoms with E-state index in [-0.39, 0.29) is 0 Å². The van der Waals surface area contributed by atoms with Gasteiger partial charge in [0, 0.05) is 25.5 Å². The highest BCUT2D eigenvalue weighted by Gasteiger charge is 2.40. The average Bonchev–Trinajstić information content (AvgIpc) is 3.00. The normalized spacial score (nSPS) is 37.5. The molecule has 18 heavy (non-hydrogen) atoms. The van der Waals surface area contributed by atoms with E-state index in [0.29, 0.717) is 12.0 Å². The van der Waals surface area contributed by atoms with Gasteiger partial charge in [-0.15, -0.1) is 11.6 Å². The van der Waals surface area contributed by atoms with Crippen molar-refractivity contribution in [1.29, 1.82) is 0 Å². The molecule has 2 aliphatic carbocycles. The van der Waals surface area contributed by atoms with E-state index in [9.17, 15) is 0 Å². The summed E-state index contributed by atoms with van der Waals surface area (Å²) in [4.78, 5) is 2.69. The molecular formula is C15H26ClNO. The zero-order chi connectivity index (χ0) is 12.4. The number of halogens is 1. The highest BCUT2D eigenvalue weighted by atomic mass is 35.5. The molecule has 0 aromatic heterocycles. The molecule has 2 nitrogen and oxygen atoms in total. The van der Waals surface area contributed by atoms with Crippen LogP contribution in [0.1, 0.15) is 38.5 Å². The standard InChI is InChI=1S/C15H26ClNO/c16-5-8-18-15-3-6-17(7-4-15)11-14-10-12-1-2-13(14)9-12/h12-15H,1-11H2. The first-order valence-electron chi connectivity index (χ1n) is 7.75. The second kappa shape index (κ2) is 6.11. The maximum atomic E-state index is 5.74. The Labute approximate surface area is 116 Å². The van der Waals surface area contributed by atoms with Crippen LogP contribution in [-0.2, 0) is 4.74 Å². The molecule has 1 heterocycles. The molecule has 0 aromatic rings. The van der Waals surface area contributed by atoms with Crippen molar-refractivity contribution in [3.8, 4) is 0 Å². The van der Waals surface area contributed by atoms with Crippen LogP contribution in [0.3, 0.4) is 0 Å². The molecular weight excluding hydrogens is 246 g/mol. The summed E-state index contributed by atoms with van der Waals surface area (Å²) in [6.45, 7) is 4.56. The molecule has 0 amide bonds. The number of nitrogens with zero attached hydrogens (tertiary/aromatic N) is 1. The number of hydrogen-bond donors (Lipinski definition) is 0. The maximum Gasteiger partial charge on any atom is 0.0605 e. The summed E-state index contributed by atoms with van der Waals surface area (Å²) in [5, 5.41) is 0. The Morgan fingerprint density at radius 1 is 1.06 bits per heavy atom. The quantitative estimate of drug-likeness (QED) is 0.713. The fourth-order valence-corrected chi connectivity index (χ4v) is 4.49. The molecule has 3 rings (SSSR count). The molecule has 2 bridgehead atoms. The van der Waals surface area contributed by atoms with Gasteiger partial charge in [0.1, 0.15) is 0 Å². The minimum atomic E-state index is 0.472. The van der Waals surface area contributed by atoms with Gasteiger partial charge in [0.2, 0.25) is 0 Å². The first-order valence-corrected chi connectivity index (χ1v) is 8.28. The second-order valence-corrected chi connectivity index (χ2v) is 6.87. The lowest BCUT2D eigenvalue weighted by atomic mass is 9.88. The molecule has 3 atom stereocenters. The SMILES string of the molecule is ClCCOC1CCN(CC2CC3CCC2C3)CC1. The molecule has 1 saturated heterocycles. The molecule has 3 fully saturated rings. The van der Waals surface area contributed by atoms with Gasteiger partial charge in [0.05, 0.1) is 12.7 Å². The van der Waals surface area contributed by atoms with Crippen LogP contribution in [0.15, 0.2) is 0 Å². The third kappa shape index (κ3) is 3.02. The van der Waals surface area contributed by atoms with Crippen LogP contribution in [0.2, 0.25) is 0 Å². The van der Waals surface area contributed by atoms with Crippen LogP contribution in [0.4, 0.5) is 0 Å². The van der Waals surface area contributed by atoms with Crippen molar-refractivity contribution in [2.75, 3.05) is 32.1 Å². The first kappa shape index (κ1) is 13.2. The number of likely N-dealkylation sites (tertiary alicyclic amines) is 1. The van der Waals surface area contributed by atoms with E-state index in [1.54, 1.807) is 6.42 Å². The summed E-state index contributed by atoms with van der Waals surface area (Å²) in [5.41, 5.74) is 0. The Hall–Kier alpha value is 0.210. The van der Waals surface area contributed by atoms with Crippen LogP contribution in [-0.4, -0.2) is 43.1 Å². The molecule has 104 valence electrons. The number of fused-ring (bicyclic) bond motifs is 2. The summed E-state index contributed by atoms with van der Waals surface area (Å²) in [7, 11) is 0. The van der Waals surface area contributed by atoms with E-state index in [1.807, 2.05) is 0 Å². The third-order valence-corrected chi connectivity index (χ3v) is 5.50. The molecule has 2 saturated carbocycles. The summed E-state index contributed by atoms with van der Waals surface area (Å²) < 4.78 is 5.74. The maximum absolute atomic E-state index is 5.74. The highest BCUT2D eigenvalue weighted by Crippen LogP contribution is 2.48. The van der Waals surface area contributed by atoms with Crippen LogP contribution in [0, 0.1) is 17.8 Å². The van der Waals surface area contributed by atoms with Crippen molar-refractivity contribution in [3.63, 3.8) is 0 Å². The molecule has 3 unspecified atom stereocenters. The van der Waals surface area contributed by atoms with E-state index < -0.39 is 0 Å². The van der Waals surface area contributed by atoms with Crippen LogP contribution in [0.5, 0.6) is 0 Å². The van der Waals surface area contributed by atoms with Crippen molar-refractivity contribution in [2.24, 2.45) is 17.8 Å². The summed E-state index contributed by atoms with van der Waals surface area (Å²) in [5.74, 6) is 3.81. The van der Waals surface area contributed by atoms with Gasteiger partial charge in [0.15, 0.2) is 0 Å². The number of ether oxygens (including phenoxy) is 1. The fourth-order valence-electron chi connectivity index (χ4n) is 4.40. The van der Waals surface area contributed by atoms with Gasteiger partial charge in [-0.1, -0.05) is 6.42 Å². The Morgan fingerprint density at radius 3 is 2.50 bits per heavy atom. The molecule has 3 aliphatic rings. The van der Waals surface area contributed by atoms with Gasteiger partial charge in [-0.25, -0.2) is 0 Å². The predicted molar refractivity (Wildman–Crippen MR) is 75.1 cm³/mol. The molecule has 0 spiro atoms. The zero-order valence-electron chi connectivity index (χ0n) is 11.3. The Morgan fingerprint density at radius 2 is 1.89 bits per heavy atom. The summed E-state index contributed by atoms with van der Waals surface area (Å²) >= 11 is 5.66. The van der Waals surface area contributed by atoms with Crippen LogP contribution in [0.25, 0.3) is 0 Å². The third-order valence-electron chi connectivity index (χ3n) is 5.34. The fraction of sp³-hybridized carbons (Fsp3) is 1.00. The van der Waals surface area contributed by atoms with Gasteiger partial charge >= 0.3 is 0 Å². The number of alkyl halides is 1. The predicted octanol–water partition coefficient (Wildman–Crippen LogP) is 3.14. The van der Waals surface area contributed by atoms with Crippen molar-refractivity contribution < 1.29 is 4.74 Å². The zero-order valence-corrected chi connectivity index (χ0v) is 12.1. The topological polar surface area (TPSA) is 12.5 Å². The van der Waals surface area contributed by atoms with E-state index in [4.69, 9.17) is 16.3 Å². The van der Waals surface area contributed by atoms with Gasteiger partial charge in [-0.3, -0.25) is 0 Å². The van der Waals surface area contributed by atoms with Crippen molar-refractivity contribution in [1.82, 2.24) is 4.90 Å². The second-order valence-electron chi connectivity index (χ2n) is 6.49. The van der Waals surface area contributed by atoms with Crippen molar-refractivity contribution in [2.45, 2.75) is 44.6 Å². The van der Waals surface area contributed by atoms with E-state index in [0.717, 1.165) is 24.4 Å². The molecule has 0 aromatic carbocycles. The summed E-state index contributed by atoms with van der Waals surface area (Å²) in [6, 6.07) is 0. The Balaban J connectivity index is 1.38. The van der Waals surface area contributed by atoms with Crippen molar-refractivity contribution >= 4 is 11.6 Å². The number of rotatable bonds is 5. The summed E-state index contributed by atoms with van der Waals surface area (Å²) in [6.07, 6.45) is 8.99. The van der Waals surface area contributed by atoms with Gasteiger partial charge in [-0.05, 0) is 49.9 Å². The highest BCUT2D eigenvalue weighted by molar-refractivity contribution is 6.17. The van der Waals surface area contributed by atoms with Gasteiger partial charge in [0.25, 0.3) is 0 Å². The minimum absolute atomic E-state index is 0.472. The van der Waals surface area contributed by atoms with Gasteiger partial charge < -0.3 is 9.64 Å². The smallest absolute Gasteiger partial charge is 0.0605 e. The number of hydrogen-bond acceptors (Lipinski definition) is 2. The van der Waals surface area contributed by atoms with Crippen LogP contribution >= 0.6 is 11.6 Å². The molecule has 1 aliphatic heterocycles. The lowest BCUT2D eigenvalue weighted by Gasteiger charge is -2.35. The van der Waals surface area contributed by atoms with E-state index >= 15 is 0 Å². The molecule has 3 heteroatoms.